The molecule has 1 aliphatic heterocycles. The molecule has 0 spiro atoms. The van der Waals surface area contributed by atoms with Gasteiger partial charge in [-0.05, 0) is 37.5 Å². The molecular weight excluding hydrogens is 264 g/mol. The minimum Gasteiger partial charge on any atom is -0.377 e. The van der Waals surface area contributed by atoms with Gasteiger partial charge in [0.2, 0.25) is 0 Å². The van der Waals surface area contributed by atoms with Crippen molar-refractivity contribution in [1.29, 1.82) is 0 Å². The summed E-state index contributed by atoms with van der Waals surface area (Å²) in [6.07, 6.45) is 2.39. The van der Waals surface area contributed by atoms with E-state index >= 15 is 0 Å². The summed E-state index contributed by atoms with van der Waals surface area (Å²) in [5, 5.41) is 3.18. The van der Waals surface area contributed by atoms with Crippen LogP contribution >= 0.6 is 0 Å². The number of hydrogen-bond acceptors (Lipinski definition) is 3. The fourth-order valence-corrected chi connectivity index (χ4v) is 2.28. The van der Waals surface area contributed by atoms with E-state index in [1.54, 1.807) is 0 Å². The minimum atomic E-state index is -0.553. The normalized spacial score (nSPS) is 20.2. The van der Waals surface area contributed by atoms with Crippen molar-refractivity contribution in [2.24, 2.45) is 0 Å². The van der Waals surface area contributed by atoms with Gasteiger partial charge in [-0.3, -0.25) is 0 Å². The second-order valence-electron chi connectivity index (χ2n) is 5.09. The Morgan fingerprint density at radius 2 is 2.10 bits per heavy atom. The van der Waals surface area contributed by atoms with Crippen molar-refractivity contribution in [2.75, 3.05) is 26.4 Å². The maximum atomic E-state index is 13.1. The number of hydrogen-bond donors (Lipinski definition) is 1. The molecule has 2 unspecified atom stereocenters. The molecule has 0 aromatic heterocycles. The fourth-order valence-electron chi connectivity index (χ4n) is 2.28. The lowest BCUT2D eigenvalue weighted by atomic mass is 10.1. The molecule has 0 aliphatic carbocycles. The highest BCUT2D eigenvalue weighted by atomic mass is 19.1. The SMILES string of the molecule is CC(NCCOCC1CCCO1)c1cc(F)cc(F)c1. The van der Waals surface area contributed by atoms with Gasteiger partial charge >= 0.3 is 0 Å². The predicted molar refractivity (Wildman–Crippen MR) is 72.6 cm³/mol. The molecule has 2 atom stereocenters. The number of nitrogens with one attached hydrogen (secondary N) is 1. The standard InChI is InChI=1S/C15H21F2NO2/c1-11(12-7-13(16)9-14(17)8-12)18-4-6-19-10-15-3-2-5-20-15/h7-9,11,15,18H,2-6,10H2,1H3. The van der Waals surface area contributed by atoms with Gasteiger partial charge in [0.05, 0.1) is 19.3 Å². The monoisotopic (exact) mass is 285 g/mol. The maximum absolute atomic E-state index is 13.1. The Hall–Kier alpha value is -1.04. The van der Waals surface area contributed by atoms with Gasteiger partial charge in [-0.2, -0.15) is 0 Å². The second-order valence-corrected chi connectivity index (χ2v) is 5.09. The second kappa shape index (κ2) is 7.67. The first-order chi connectivity index (χ1) is 9.65. The highest BCUT2D eigenvalue weighted by molar-refractivity contribution is 5.20. The predicted octanol–water partition coefficient (Wildman–Crippen LogP) is 2.81. The Morgan fingerprint density at radius 3 is 2.75 bits per heavy atom. The lowest BCUT2D eigenvalue weighted by molar-refractivity contribution is 0.0179. The van der Waals surface area contributed by atoms with E-state index in [0.29, 0.717) is 25.3 Å². The van der Waals surface area contributed by atoms with E-state index in [1.165, 1.54) is 12.1 Å². The molecule has 1 aliphatic rings. The van der Waals surface area contributed by atoms with Crippen molar-refractivity contribution >= 4 is 0 Å². The van der Waals surface area contributed by atoms with Crippen LogP contribution in [0.2, 0.25) is 0 Å². The fraction of sp³-hybridized carbons (Fsp3) is 0.600. The highest BCUT2D eigenvalue weighted by Gasteiger charge is 2.15. The average Bonchev–Trinajstić information content (AvgIpc) is 2.90. The van der Waals surface area contributed by atoms with E-state index < -0.39 is 11.6 Å². The quantitative estimate of drug-likeness (QED) is 0.781. The van der Waals surface area contributed by atoms with E-state index in [0.717, 1.165) is 25.5 Å². The molecule has 20 heavy (non-hydrogen) atoms. The summed E-state index contributed by atoms with van der Waals surface area (Å²) >= 11 is 0. The summed E-state index contributed by atoms with van der Waals surface area (Å²) in [4.78, 5) is 0. The molecule has 1 heterocycles. The van der Waals surface area contributed by atoms with E-state index in [-0.39, 0.29) is 12.1 Å². The summed E-state index contributed by atoms with van der Waals surface area (Å²) in [6.45, 7) is 4.50. The van der Waals surface area contributed by atoms with Crippen LogP contribution in [0.3, 0.4) is 0 Å². The smallest absolute Gasteiger partial charge is 0.126 e. The lowest BCUT2D eigenvalue weighted by Gasteiger charge is -2.15. The minimum absolute atomic E-state index is 0.119. The van der Waals surface area contributed by atoms with Gasteiger partial charge in [-0.1, -0.05) is 0 Å². The molecule has 3 nitrogen and oxygen atoms in total. The molecule has 1 saturated heterocycles. The number of ether oxygens (including phenoxy) is 2. The van der Waals surface area contributed by atoms with Crippen molar-refractivity contribution in [1.82, 2.24) is 5.32 Å². The maximum Gasteiger partial charge on any atom is 0.126 e. The Kier molecular flexibility index (Phi) is 5.88. The van der Waals surface area contributed by atoms with Crippen LogP contribution in [0.4, 0.5) is 8.78 Å². The average molecular weight is 285 g/mol. The van der Waals surface area contributed by atoms with Crippen molar-refractivity contribution in [3.8, 4) is 0 Å². The van der Waals surface area contributed by atoms with Crippen LogP contribution < -0.4 is 5.32 Å². The topological polar surface area (TPSA) is 30.5 Å². The number of halogens is 2. The van der Waals surface area contributed by atoms with Crippen molar-refractivity contribution in [3.05, 3.63) is 35.4 Å². The van der Waals surface area contributed by atoms with Crippen LogP contribution in [-0.2, 0) is 9.47 Å². The van der Waals surface area contributed by atoms with Crippen LogP contribution in [-0.4, -0.2) is 32.5 Å². The van der Waals surface area contributed by atoms with Gasteiger partial charge < -0.3 is 14.8 Å². The molecule has 5 heteroatoms. The Labute approximate surface area is 118 Å². The van der Waals surface area contributed by atoms with Crippen molar-refractivity contribution in [3.63, 3.8) is 0 Å². The van der Waals surface area contributed by atoms with Crippen molar-refractivity contribution in [2.45, 2.75) is 31.9 Å². The molecular formula is C15H21F2NO2. The summed E-state index contributed by atoms with van der Waals surface area (Å²) in [7, 11) is 0. The molecule has 0 amide bonds. The molecule has 0 saturated carbocycles. The van der Waals surface area contributed by atoms with Gasteiger partial charge in [0, 0.05) is 25.3 Å². The zero-order chi connectivity index (χ0) is 14.4. The van der Waals surface area contributed by atoms with Gasteiger partial charge in [0.25, 0.3) is 0 Å². The Balaban J connectivity index is 1.65. The third-order valence-corrected chi connectivity index (χ3v) is 3.41. The molecule has 0 radical (unpaired) electrons. The Bertz CT molecular complexity index is 402. The Morgan fingerprint density at radius 1 is 1.35 bits per heavy atom. The van der Waals surface area contributed by atoms with E-state index in [4.69, 9.17) is 9.47 Å². The number of benzene rings is 1. The first kappa shape index (κ1) is 15.4. The van der Waals surface area contributed by atoms with Crippen LogP contribution in [0.25, 0.3) is 0 Å². The van der Waals surface area contributed by atoms with Gasteiger partial charge in [-0.15, -0.1) is 0 Å². The zero-order valence-electron chi connectivity index (χ0n) is 11.7. The van der Waals surface area contributed by atoms with Crippen LogP contribution in [0.15, 0.2) is 18.2 Å². The summed E-state index contributed by atoms with van der Waals surface area (Å²) < 4.78 is 37.2. The van der Waals surface area contributed by atoms with E-state index in [9.17, 15) is 8.78 Å². The van der Waals surface area contributed by atoms with Gasteiger partial charge in [-0.25, -0.2) is 8.78 Å². The van der Waals surface area contributed by atoms with Crippen LogP contribution in [0.1, 0.15) is 31.4 Å². The summed E-state index contributed by atoms with van der Waals surface area (Å²) in [5.41, 5.74) is 0.599. The largest absolute Gasteiger partial charge is 0.377 e. The molecule has 1 aromatic carbocycles. The number of rotatable bonds is 7. The molecule has 1 fully saturated rings. The van der Waals surface area contributed by atoms with Crippen LogP contribution in [0, 0.1) is 11.6 Å². The first-order valence-electron chi connectivity index (χ1n) is 7.04. The molecule has 1 N–H and O–H groups in total. The highest BCUT2D eigenvalue weighted by Crippen LogP contribution is 2.15. The van der Waals surface area contributed by atoms with Gasteiger partial charge in [0.15, 0.2) is 0 Å². The molecule has 0 bridgehead atoms. The molecule has 2 rings (SSSR count). The third kappa shape index (κ3) is 4.81. The van der Waals surface area contributed by atoms with E-state index in [2.05, 4.69) is 5.32 Å². The van der Waals surface area contributed by atoms with Gasteiger partial charge in [0.1, 0.15) is 11.6 Å². The first-order valence-corrected chi connectivity index (χ1v) is 7.04. The lowest BCUT2D eigenvalue weighted by Crippen LogP contribution is -2.25. The summed E-state index contributed by atoms with van der Waals surface area (Å²) in [5.74, 6) is -1.11. The third-order valence-electron chi connectivity index (χ3n) is 3.41. The van der Waals surface area contributed by atoms with E-state index in [1.807, 2.05) is 6.92 Å². The summed E-state index contributed by atoms with van der Waals surface area (Å²) in [6, 6.07) is 3.44. The molecule has 112 valence electrons. The molecule has 1 aromatic rings. The van der Waals surface area contributed by atoms with Crippen LogP contribution in [0.5, 0.6) is 0 Å². The van der Waals surface area contributed by atoms with Crippen molar-refractivity contribution < 1.29 is 18.3 Å². The zero-order valence-corrected chi connectivity index (χ0v) is 11.7.